The van der Waals surface area contributed by atoms with Crippen molar-refractivity contribution in [3.8, 4) is 17.2 Å². The molecule has 122 valence electrons. The Hall–Kier alpha value is -2.67. The number of aromatic nitrogens is 2. The molecule has 24 heavy (non-hydrogen) atoms. The molecular weight excluding hydrogens is 374 g/mol. The molecule has 1 aromatic heterocycles. The van der Waals surface area contributed by atoms with Gasteiger partial charge in [0.05, 0.1) is 19.2 Å². The van der Waals surface area contributed by atoms with Crippen LogP contribution < -0.4 is 10.1 Å². The van der Waals surface area contributed by atoms with Crippen LogP contribution in [0, 0.1) is 0 Å². The number of nitrogens with zero attached hydrogens (tertiary/aromatic N) is 2. The van der Waals surface area contributed by atoms with Crippen LogP contribution in [0.4, 0.5) is 0 Å². The molecule has 1 amide bonds. The number of methoxy groups -OCH3 is 1. The van der Waals surface area contributed by atoms with E-state index in [4.69, 9.17) is 9.15 Å². The zero-order valence-corrected chi connectivity index (χ0v) is 14.4. The number of hydrogen-bond donors (Lipinski definition) is 1. The molecule has 3 aromatic rings. The molecule has 1 heterocycles. The van der Waals surface area contributed by atoms with Gasteiger partial charge in [-0.3, -0.25) is 4.79 Å². The molecule has 3 rings (SSSR count). The average Bonchev–Trinajstić information content (AvgIpc) is 3.09. The molecule has 0 bridgehead atoms. The Balaban J connectivity index is 1.68. The van der Waals surface area contributed by atoms with Crippen molar-refractivity contribution in [2.45, 2.75) is 6.54 Å². The quantitative estimate of drug-likeness (QED) is 0.725. The van der Waals surface area contributed by atoms with E-state index in [0.29, 0.717) is 23.1 Å². The third kappa shape index (κ3) is 3.62. The monoisotopic (exact) mass is 387 g/mol. The molecule has 0 aliphatic heterocycles. The van der Waals surface area contributed by atoms with Gasteiger partial charge < -0.3 is 14.5 Å². The fraction of sp³-hybridized carbons (Fsp3) is 0.118. The number of carbonyl (C=O) groups is 1. The summed E-state index contributed by atoms with van der Waals surface area (Å²) in [6, 6.07) is 14.5. The van der Waals surface area contributed by atoms with E-state index in [1.165, 1.54) is 0 Å². The van der Waals surface area contributed by atoms with Gasteiger partial charge in [-0.05, 0) is 46.3 Å². The third-order valence-electron chi connectivity index (χ3n) is 3.30. The zero-order valence-electron chi connectivity index (χ0n) is 12.8. The van der Waals surface area contributed by atoms with Gasteiger partial charge in [-0.1, -0.05) is 18.2 Å². The van der Waals surface area contributed by atoms with E-state index in [2.05, 4.69) is 31.4 Å². The summed E-state index contributed by atoms with van der Waals surface area (Å²) in [5, 5.41) is 10.7. The van der Waals surface area contributed by atoms with Crippen LogP contribution in [0.25, 0.3) is 11.5 Å². The highest BCUT2D eigenvalue weighted by Gasteiger charge is 2.12. The van der Waals surface area contributed by atoms with Crippen molar-refractivity contribution >= 4 is 21.8 Å². The van der Waals surface area contributed by atoms with Crippen molar-refractivity contribution in [2.75, 3.05) is 7.11 Å². The first kappa shape index (κ1) is 16.2. The van der Waals surface area contributed by atoms with Crippen LogP contribution in [0.2, 0.25) is 0 Å². The molecule has 0 atom stereocenters. The number of hydrogen-bond acceptors (Lipinski definition) is 5. The highest BCUT2D eigenvalue weighted by molar-refractivity contribution is 9.10. The average molecular weight is 388 g/mol. The van der Waals surface area contributed by atoms with E-state index in [0.717, 1.165) is 10.0 Å². The van der Waals surface area contributed by atoms with Crippen molar-refractivity contribution < 1.29 is 13.9 Å². The normalized spacial score (nSPS) is 10.4. The Kier molecular flexibility index (Phi) is 4.90. The topological polar surface area (TPSA) is 77.3 Å². The summed E-state index contributed by atoms with van der Waals surface area (Å²) < 4.78 is 11.5. The van der Waals surface area contributed by atoms with Crippen molar-refractivity contribution in [3.05, 3.63) is 64.5 Å². The second-order valence-electron chi connectivity index (χ2n) is 4.90. The number of benzene rings is 2. The second-order valence-corrected chi connectivity index (χ2v) is 5.75. The van der Waals surface area contributed by atoms with E-state index in [9.17, 15) is 4.79 Å². The predicted molar refractivity (Wildman–Crippen MR) is 91.6 cm³/mol. The fourth-order valence-electron chi connectivity index (χ4n) is 2.09. The van der Waals surface area contributed by atoms with Gasteiger partial charge in [0.1, 0.15) is 5.75 Å². The summed E-state index contributed by atoms with van der Waals surface area (Å²) >= 11 is 3.35. The fourth-order valence-corrected chi connectivity index (χ4v) is 2.56. The highest BCUT2D eigenvalue weighted by Crippen LogP contribution is 2.22. The summed E-state index contributed by atoms with van der Waals surface area (Å²) in [5.74, 6) is 1.19. The van der Waals surface area contributed by atoms with Crippen LogP contribution in [-0.4, -0.2) is 23.2 Å². The molecule has 6 nitrogen and oxygen atoms in total. The lowest BCUT2D eigenvalue weighted by atomic mass is 10.2. The van der Waals surface area contributed by atoms with Crippen molar-refractivity contribution in [2.24, 2.45) is 0 Å². The maximum Gasteiger partial charge on any atom is 0.252 e. The molecule has 7 heteroatoms. The summed E-state index contributed by atoms with van der Waals surface area (Å²) in [6.45, 7) is 0.150. The summed E-state index contributed by atoms with van der Waals surface area (Å²) in [4.78, 5) is 12.2. The number of nitrogens with one attached hydrogen (secondary N) is 1. The smallest absolute Gasteiger partial charge is 0.252 e. The Labute approximate surface area is 147 Å². The Bertz CT molecular complexity index is 864. The van der Waals surface area contributed by atoms with Gasteiger partial charge in [0, 0.05) is 10.0 Å². The summed E-state index contributed by atoms with van der Waals surface area (Å²) in [6.07, 6.45) is 0. The molecular formula is C17H14BrN3O3. The lowest BCUT2D eigenvalue weighted by molar-refractivity contribution is 0.0946. The Morgan fingerprint density at radius 2 is 2.04 bits per heavy atom. The second kappa shape index (κ2) is 7.27. The van der Waals surface area contributed by atoms with Crippen LogP contribution in [0.3, 0.4) is 0 Å². The minimum atomic E-state index is -0.219. The van der Waals surface area contributed by atoms with Gasteiger partial charge in [0.25, 0.3) is 5.91 Å². The maximum absolute atomic E-state index is 12.2. The molecule has 0 unspecified atom stereocenters. The highest BCUT2D eigenvalue weighted by atomic mass is 79.9. The first-order valence-electron chi connectivity index (χ1n) is 7.17. The third-order valence-corrected chi connectivity index (χ3v) is 3.99. The van der Waals surface area contributed by atoms with Gasteiger partial charge in [-0.15, -0.1) is 10.2 Å². The predicted octanol–water partition coefficient (Wildman–Crippen LogP) is 3.44. The van der Waals surface area contributed by atoms with E-state index in [-0.39, 0.29) is 12.5 Å². The van der Waals surface area contributed by atoms with Crippen molar-refractivity contribution in [1.29, 1.82) is 0 Å². The van der Waals surface area contributed by atoms with Crippen LogP contribution in [0.15, 0.2) is 57.4 Å². The summed E-state index contributed by atoms with van der Waals surface area (Å²) in [7, 11) is 1.59. The van der Waals surface area contributed by atoms with Crippen LogP contribution in [0.1, 0.15) is 16.2 Å². The van der Waals surface area contributed by atoms with Crippen LogP contribution in [-0.2, 0) is 6.54 Å². The number of carbonyl (C=O) groups excluding carboxylic acids is 1. The molecule has 0 saturated heterocycles. The maximum atomic E-state index is 12.2. The van der Waals surface area contributed by atoms with E-state index in [1.807, 2.05) is 30.3 Å². The number of rotatable bonds is 5. The van der Waals surface area contributed by atoms with E-state index < -0.39 is 0 Å². The molecule has 0 saturated carbocycles. The van der Waals surface area contributed by atoms with Gasteiger partial charge in [-0.2, -0.15) is 0 Å². The van der Waals surface area contributed by atoms with E-state index >= 15 is 0 Å². The molecule has 0 fully saturated rings. The SMILES string of the molecule is COc1cccc(-c2nnc(CNC(=O)c3ccccc3Br)o2)c1. The number of halogens is 1. The van der Waals surface area contributed by atoms with Crippen molar-refractivity contribution in [3.63, 3.8) is 0 Å². The lowest BCUT2D eigenvalue weighted by Crippen LogP contribution is -2.23. The largest absolute Gasteiger partial charge is 0.497 e. The minimum Gasteiger partial charge on any atom is -0.497 e. The van der Waals surface area contributed by atoms with Crippen molar-refractivity contribution in [1.82, 2.24) is 15.5 Å². The van der Waals surface area contributed by atoms with Crippen LogP contribution >= 0.6 is 15.9 Å². The van der Waals surface area contributed by atoms with Crippen LogP contribution in [0.5, 0.6) is 5.75 Å². The molecule has 0 aliphatic rings. The lowest BCUT2D eigenvalue weighted by Gasteiger charge is -2.04. The van der Waals surface area contributed by atoms with Gasteiger partial charge in [-0.25, -0.2) is 0 Å². The summed E-state index contributed by atoms with van der Waals surface area (Å²) in [5.41, 5.74) is 1.30. The van der Waals surface area contributed by atoms with E-state index in [1.54, 1.807) is 25.3 Å². The Morgan fingerprint density at radius 1 is 1.21 bits per heavy atom. The first-order chi connectivity index (χ1) is 11.7. The van der Waals surface area contributed by atoms with Gasteiger partial charge >= 0.3 is 0 Å². The van der Waals surface area contributed by atoms with Gasteiger partial charge in [0.2, 0.25) is 11.8 Å². The molecule has 0 radical (unpaired) electrons. The standard InChI is InChI=1S/C17H14BrN3O3/c1-23-12-6-4-5-11(9-12)17-21-20-15(24-17)10-19-16(22)13-7-2-3-8-14(13)18/h2-9H,10H2,1H3,(H,19,22). The van der Waals surface area contributed by atoms with Gasteiger partial charge in [0.15, 0.2) is 0 Å². The Morgan fingerprint density at radius 3 is 2.83 bits per heavy atom. The number of amides is 1. The zero-order chi connectivity index (χ0) is 16.9. The first-order valence-corrected chi connectivity index (χ1v) is 7.96. The minimum absolute atomic E-state index is 0.150. The molecule has 0 aliphatic carbocycles. The molecule has 2 aromatic carbocycles. The molecule has 0 spiro atoms. The number of ether oxygens (including phenoxy) is 1. The molecule has 1 N–H and O–H groups in total.